The van der Waals surface area contributed by atoms with Gasteiger partial charge in [0, 0.05) is 73.3 Å². The van der Waals surface area contributed by atoms with Crippen LogP contribution in [0.15, 0.2) is 97.5 Å². The summed E-state index contributed by atoms with van der Waals surface area (Å²) in [6.45, 7) is 4.16. The summed E-state index contributed by atoms with van der Waals surface area (Å²) < 4.78 is 27.3. The molecule has 1 unspecified atom stereocenters. The van der Waals surface area contributed by atoms with E-state index in [0.717, 1.165) is 32.5 Å². The lowest BCUT2D eigenvalue weighted by Gasteiger charge is -2.34. The molecule has 0 aliphatic carbocycles. The van der Waals surface area contributed by atoms with Gasteiger partial charge in [0.05, 0.1) is 36.8 Å². The largest absolute Gasteiger partial charge is 0.442 e. The number of benzene rings is 3. The average molecular weight is 901 g/mol. The van der Waals surface area contributed by atoms with Crippen LogP contribution in [-0.2, 0) is 23.9 Å². The molecule has 0 spiro atoms. The maximum Gasteiger partial charge on any atom is 0.361 e. The lowest BCUT2D eigenvalue weighted by Crippen LogP contribution is -2.52. The van der Waals surface area contributed by atoms with E-state index < -0.39 is 41.7 Å². The molecule has 3 fully saturated rings. The van der Waals surface area contributed by atoms with Crippen molar-refractivity contribution in [3.05, 3.63) is 126 Å². The Morgan fingerprint density at radius 3 is 2.29 bits per heavy atom. The molecule has 2 aromatic heterocycles. The van der Waals surface area contributed by atoms with E-state index in [9.17, 15) is 33.2 Å². The van der Waals surface area contributed by atoms with Crippen molar-refractivity contribution in [1.29, 1.82) is 0 Å². The van der Waals surface area contributed by atoms with E-state index in [1.165, 1.54) is 30.5 Å². The Morgan fingerprint density at radius 1 is 0.864 bits per heavy atom. The third-order valence-electron chi connectivity index (χ3n) is 11.9. The van der Waals surface area contributed by atoms with E-state index in [0.29, 0.717) is 66.2 Å². The molecule has 3 aromatic carbocycles. The summed E-state index contributed by atoms with van der Waals surface area (Å²) in [7, 11) is 0. The predicted molar refractivity (Wildman–Crippen MR) is 237 cm³/mol. The molecule has 18 nitrogen and oxygen atoms in total. The van der Waals surface area contributed by atoms with Crippen LogP contribution in [0.1, 0.15) is 87.4 Å². The second kappa shape index (κ2) is 20.6. The van der Waals surface area contributed by atoms with Crippen LogP contribution in [0.5, 0.6) is 0 Å². The molecule has 0 radical (unpaired) electrons. The number of ether oxygens (including phenoxy) is 2. The van der Waals surface area contributed by atoms with Crippen LogP contribution < -0.4 is 21.7 Å². The van der Waals surface area contributed by atoms with Gasteiger partial charge >= 0.3 is 5.97 Å². The van der Waals surface area contributed by atoms with E-state index in [2.05, 4.69) is 35.9 Å². The molecule has 19 heteroatoms. The molecule has 8 rings (SSSR count). The Bertz CT molecular complexity index is 2560. The van der Waals surface area contributed by atoms with Gasteiger partial charge in [-0.1, -0.05) is 30.3 Å². The number of amides is 5. The molecule has 5 amide bonds. The van der Waals surface area contributed by atoms with Gasteiger partial charge in [0.2, 0.25) is 17.9 Å². The number of halogens is 1. The first-order valence-corrected chi connectivity index (χ1v) is 21.8. The van der Waals surface area contributed by atoms with Crippen molar-refractivity contribution < 1.29 is 42.6 Å². The fraction of sp³-hybridized carbons (Fsp3) is 0.340. The van der Waals surface area contributed by atoms with E-state index in [4.69, 9.17) is 15.2 Å². The van der Waals surface area contributed by atoms with Gasteiger partial charge < -0.3 is 35.6 Å². The number of nitrogens with one attached hydrogen (secondary N) is 3. The minimum absolute atomic E-state index is 0.0452. The van der Waals surface area contributed by atoms with Crippen LogP contribution in [0, 0.1) is 5.82 Å². The van der Waals surface area contributed by atoms with Gasteiger partial charge in [-0.05, 0) is 80.6 Å². The third kappa shape index (κ3) is 11.1. The SMILES string of the molecule is Nc1ncc(-c2cnn(C3CCN(CCOC4CCN(C(=O)c5ccc(C(=O)NC6CCC(=O)NC6=O)cc5)CC4)CC3)c2)nc1C(=O)O[C@@H](C(=O)Nc1ccc(F)cc1)c1ccccc1. The van der Waals surface area contributed by atoms with E-state index >= 15 is 0 Å². The number of nitrogens with zero attached hydrogens (tertiary/aromatic N) is 6. The summed E-state index contributed by atoms with van der Waals surface area (Å²) in [5, 5.41) is 12.1. The number of imide groups is 1. The van der Waals surface area contributed by atoms with E-state index in [1.54, 1.807) is 65.7 Å². The highest BCUT2D eigenvalue weighted by molar-refractivity contribution is 6.04. The van der Waals surface area contributed by atoms with Gasteiger partial charge in [-0.3, -0.25) is 34.0 Å². The molecular formula is C47H49FN10O8. The number of carbonyl (C=O) groups excluding carboxylic acids is 6. The van der Waals surface area contributed by atoms with Crippen molar-refractivity contribution in [1.82, 2.24) is 40.2 Å². The molecule has 5 N–H and O–H groups in total. The number of nitrogen functional groups attached to an aromatic ring is 1. The Balaban J connectivity index is 0.770. The molecule has 342 valence electrons. The Morgan fingerprint density at radius 2 is 1.58 bits per heavy atom. The van der Waals surface area contributed by atoms with Crippen LogP contribution in [0.3, 0.4) is 0 Å². The number of anilines is 2. The van der Waals surface area contributed by atoms with Crippen LogP contribution in [0.25, 0.3) is 11.3 Å². The van der Waals surface area contributed by atoms with Gasteiger partial charge in [-0.2, -0.15) is 5.10 Å². The maximum atomic E-state index is 13.5. The second-order valence-corrected chi connectivity index (χ2v) is 16.4. The number of hydrogen-bond donors (Lipinski definition) is 4. The Labute approximate surface area is 379 Å². The number of carbonyl (C=O) groups is 6. The summed E-state index contributed by atoms with van der Waals surface area (Å²) in [4.78, 5) is 89.0. The average Bonchev–Trinajstić information content (AvgIpc) is 3.83. The van der Waals surface area contributed by atoms with Crippen LogP contribution in [0.4, 0.5) is 15.9 Å². The van der Waals surface area contributed by atoms with Gasteiger partial charge in [0.1, 0.15) is 11.9 Å². The first-order chi connectivity index (χ1) is 32.0. The summed E-state index contributed by atoms with van der Waals surface area (Å²) >= 11 is 0. The van der Waals surface area contributed by atoms with Crippen molar-refractivity contribution in [2.45, 2.75) is 62.8 Å². The first kappa shape index (κ1) is 45.2. The lowest BCUT2D eigenvalue weighted by atomic mass is 10.0. The number of hydrogen-bond acceptors (Lipinski definition) is 13. The highest BCUT2D eigenvalue weighted by atomic mass is 19.1. The van der Waals surface area contributed by atoms with Crippen molar-refractivity contribution in [2.24, 2.45) is 0 Å². The van der Waals surface area contributed by atoms with Gasteiger partial charge in [-0.25, -0.2) is 19.2 Å². The van der Waals surface area contributed by atoms with Crippen molar-refractivity contribution in [2.75, 3.05) is 50.4 Å². The van der Waals surface area contributed by atoms with Crippen molar-refractivity contribution >= 4 is 47.0 Å². The van der Waals surface area contributed by atoms with Crippen molar-refractivity contribution in [3.8, 4) is 11.3 Å². The number of rotatable bonds is 14. The highest BCUT2D eigenvalue weighted by Crippen LogP contribution is 2.27. The van der Waals surface area contributed by atoms with Crippen LogP contribution in [-0.4, -0.2) is 117 Å². The standard InChI is InChI=1S/C47H49FN10O8/c48-33-10-12-34(13-11-33)52-45(62)41(29-4-2-1-3-5-29)66-47(64)40-42(49)50-27-38(53-40)32-26-51-58(28-32)35-16-20-56(21-17-35)24-25-65-36-18-22-57(23-19-36)46(63)31-8-6-30(7-9-31)43(60)54-37-14-15-39(59)55-44(37)61/h1-13,26-28,35-37,41H,14-25H2,(H2,49,50)(H,52,62)(H,54,60)(H,55,59,61)/t37?,41-/m1/s1. The fourth-order valence-corrected chi connectivity index (χ4v) is 8.16. The molecule has 5 aromatic rings. The third-order valence-corrected chi connectivity index (χ3v) is 11.9. The summed E-state index contributed by atoms with van der Waals surface area (Å²) in [5.41, 5.74) is 8.33. The topological polar surface area (TPSA) is 233 Å². The van der Waals surface area contributed by atoms with Crippen LogP contribution >= 0.6 is 0 Å². The molecule has 3 aliphatic heterocycles. The zero-order chi connectivity index (χ0) is 46.2. The molecular weight excluding hydrogens is 852 g/mol. The smallest absolute Gasteiger partial charge is 0.361 e. The van der Waals surface area contributed by atoms with Gasteiger partial charge in [-0.15, -0.1) is 0 Å². The number of aromatic nitrogens is 4. The highest BCUT2D eigenvalue weighted by Gasteiger charge is 2.31. The van der Waals surface area contributed by atoms with Gasteiger partial charge in [0.15, 0.2) is 11.5 Å². The molecule has 3 saturated heterocycles. The van der Waals surface area contributed by atoms with Crippen LogP contribution in [0.2, 0.25) is 0 Å². The second-order valence-electron chi connectivity index (χ2n) is 16.4. The number of esters is 1. The fourth-order valence-electron chi connectivity index (χ4n) is 8.16. The zero-order valence-corrected chi connectivity index (χ0v) is 35.9. The lowest BCUT2D eigenvalue weighted by molar-refractivity contribution is -0.134. The monoisotopic (exact) mass is 900 g/mol. The quantitative estimate of drug-likeness (QED) is 0.0910. The molecule has 3 aliphatic rings. The van der Waals surface area contributed by atoms with Gasteiger partial charge in [0.25, 0.3) is 17.7 Å². The molecule has 66 heavy (non-hydrogen) atoms. The Hall–Kier alpha value is -7.38. The molecule has 5 heterocycles. The number of piperidine rings is 3. The Kier molecular flexibility index (Phi) is 14.1. The minimum Gasteiger partial charge on any atom is -0.442 e. The molecule has 0 saturated carbocycles. The van der Waals surface area contributed by atoms with E-state index in [1.807, 2.05) is 10.9 Å². The van der Waals surface area contributed by atoms with E-state index in [-0.39, 0.29) is 48.3 Å². The normalized spacial score (nSPS) is 17.7. The summed E-state index contributed by atoms with van der Waals surface area (Å²) in [6.07, 6.45) is 7.19. The summed E-state index contributed by atoms with van der Waals surface area (Å²) in [6, 6.07) is 19.4. The number of likely N-dealkylation sites (tertiary alicyclic amines) is 2. The minimum atomic E-state index is -1.37. The zero-order valence-electron chi connectivity index (χ0n) is 35.9. The predicted octanol–water partition coefficient (Wildman–Crippen LogP) is 4.09. The molecule has 2 atom stereocenters. The summed E-state index contributed by atoms with van der Waals surface area (Å²) in [5.74, 6) is -3.69. The maximum absolute atomic E-state index is 13.5. The molecule has 0 bridgehead atoms. The van der Waals surface area contributed by atoms with Crippen molar-refractivity contribution in [3.63, 3.8) is 0 Å². The first-order valence-electron chi connectivity index (χ1n) is 21.8. The number of nitrogens with two attached hydrogens (primary N) is 1.